The number of quaternary nitrogens is 1. The summed E-state index contributed by atoms with van der Waals surface area (Å²) in [5.41, 5.74) is 8.84. The summed E-state index contributed by atoms with van der Waals surface area (Å²) in [7, 11) is 10.8. The standard InChI is InChI=1S/C18H31N6O.CH3/c1-21(2)15-7-6-9-23-17(15)16(19)18(20-23)25-12-11-22-10-8-14(13-22)24(3,4)5;/h6-7,9,14H,8,10-13,19H2,1-5H3;1H3/q+1;-1. The van der Waals surface area contributed by atoms with Gasteiger partial charge in [0.2, 0.25) is 0 Å². The van der Waals surface area contributed by atoms with E-state index >= 15 is 0 Å². The first-order valence-corrected chi connectivity index (χ1v) is 8.88. The summed E-state index contributed by atoms with van der Waals surface area (Å²) in [5.74, 6) is 0.525. The summed E-state index contributed by atoms with van der Waals surface area (Å²) in [6.45, 7) is 3.77. The van der Waals surface area contributed by atoms with Crippen LogP contribution in [-0.4, -0.2) is 86.5 Å². The van der Waals surface area contributed by atoms with E-state index in [1.54, 1.807) is 4.52 Å². The number of nitrogens with zero attached hydrogens (tertiary/aromatic N) is 5. The van der Waals surface area contributed by atoms with Crippen molar-refractivity contribution in [3.05, 3.63) is 25.8 Å². The molecule has 0 spiro atoms. The van der Waals surface area contributed by atoms with Crippen LogP contribution in [0.2, 0.25) is 0 Å². The van der Waals surface area contributed by atoms with Crippen LogP contribution >= 0.6 is 0 Å². The number of aromatic nitrogens is 2. The lowest BCUT2D eigenvalue weighted by molar-refractivity contribution is -0.893. The van der Waals surface area contributed by atoms with Gasteiger partial charge in [-0.15, -0.1) is 5.10 Å². The van der Waals surface area contributed by atoms with Crippen LogP contribution in [0.3, 0.4) is 0 Å². The summed E-state index contributed by atoms with van der Waals surface area (Å²) in [6, 6.07) is 4.70. The largest absolute Gasteiger partial charge is 0.474 e. The molecule has 7 nitrogen and oxygen atoms in total. The Morgan fingerprint density at radius 1 is 1.35 bits per heavy atom. The number of rotatable bonds is 6. The Balaban J connectivity index is 0.00000243. The summed E-state index contributed by atoms with van der Waals surface area (Å²) in [4.78, 5) is 4.50. The molecule has 1 fully saturated rings. The van der Waals surface area contributed by atoms with Gasteiger partial charge in [0.05, 0.1) is 33.4 Å². The molecule has 1 atom stereocenters. The Morgan fingerprint density at radius 3 is 2.69 bits per heavy atom. The Kier molecular flexibility index (Phi) is 6.03. The highest BCUT2D eigenvalue weighted by Crippen LogP contribution is 2.31. The van der Waals surface area contributed by atoms with Crippen LogP contribution in [-0.2, 0) is 0 Å². The molecule has 0 aromatic carbocycles. The lowest BCUT2D eigenvalue weighted by atomic mass is 10.2. The monoisotopic (exact) mass is 362 g/mol. The van der Waals surface area contributed by atoms with Crippen molar-refractivity contribution in [1.29, 1.82) is 0 Å². The minimum absolute atomic E-state index is 0. The number of pyridine rings is 1. The second kappa shape index (κ2) is 7.72. The third-order valence-electron chi connectivity index (χ3n) is 5.11. The predicted octanol–water partition coefficient (Wildman–Crippen LogP) is 1.59. The van der Waals surface area contributed by atoms with Gasteiger partial charge in [0.25, 0.3) is 5.88 Å². The van der Waals surface area contributed by atoms with Crippen molar-refractivity contribution in [2.24, 2.45) is 0 Å². The van der Waals surface area contributed by atoms with Crippen molar-refractivity contribution in [2.75, 3.05) is 72.1 Å². The lowest BCUT2D eigenvalue weighted by Crippen LogP contribution is -2.46. The number of nitrogen functional groups attached to an aromatic ring is 1. The molecular weight excluding hydrogens is 328 g/mol. The zero-order valence-electron chi connectivity index (χ0n) is 17.1. The Labute approximate surface area is 157 Å². The maximum Gasteiger partial charge on any atom is 0.257 e. The van der Waals surface area contributed by atoms with E-state index in [9.17, 15) is 0 Å². The summed E-state index contributed by atoms with van der Waals surface area (Å²) in [6.07, 6.45) is 3.14. The van der Waals surface area contributed by atoms with E-state index in [-0.39, 0.29) is 7.43 Å². The maximum atomic E-state index is 6.30. The van der Waals surface area contributed by atoms with E-state index in [0.29, 0.717) is 24.2 Å². The van der Waals surface area contributed by atoms with Crippen LogP contribution < -0.4 is 15.4 Å². The van der Waals surface area contributed by atoms with Crippen LogP contribution in [0.4, 0.5) is 11.4 Å². The van der Waals surface area contributed by atoms with Crippen molar-refractivity contribution < 1.29 is 9.22 Å². The molecule has 3 rings (SSSR count). The van der Waals surface area contributed by atoms with Crippen molar-refractivity contribution in [1.82, 2.24) is 14.5 Å². The minimum Gasteiger partial charge on any atom is -0.474 e. The van der Waals surface area contributed by atoms with Gasteiger partial charge in [-0.05, 0) is 12.1 Å². The first-order valence-electron chi connectivity index (χ1n) is 8.88. The first-order chi connectivity index (χ1) is 11.8. The predicted molar refractivity (Wildman–Crippen MR) is 109 cm³/mol. The molecular formula is C19H34N6O. The number of hydrogen-bond donors (Lipinski definition) is 1. The zero-order chi connectivity index (χ0) is 18.2. The number of ether oxygens (including phenoxy) is 1. The molecule has 2 aromatic rings. The number of anilines is 2. The van der Waals surface area contributed by atoms with Gasteiger partial charge in [-0.3, -0.25) is 4.90 Å². The quantitative estimate of drug-likeness (QED) is 0.625. The SMILES string of the molecule is CN(C)c1cccn2nc(OCCN3CCC([N+](C)(C)C)C3)c(N)c12.[CH3-]. The molecule has 0 bridgehead atoms. The highest BCUT2D eigenvalue weighted by atomic mass is 16.5. The summed E-state index contributed by atoms with van der Waals surface area (Å²) in [5, 5.41) is 4.49. The van der Waals surface area contributed by atoms with Gasteiger partial charge in [-0.1, -0.05) is 0 Å². The van der Waals surface area contributed by atoms with Gasteiger partial charge >= 0.3 is 0 Å². The zero-order valence-corrected chi connectivity index (χ0v) is 17.1. The first kappa shape index (κ1) is 20.3. The van der Waals surface area contributed by atoms with E-state index in [2.05, 4.69) is 31.1 Å². The molecule has 26 heavy (non-hydrogen) atoms. The molecule has 146 valence electrons. The summed E-state index contributed by atoms with van der Waals surface area (Å²) < 4.78 is 8.73. The smallest absolute Gasteiger partial charge is 0.257 e. The molecule has 7 heteroatoms. The van der Waals surface area contributed by atoms with Crippen LogP contribution in [0.5, 0.6) is 5.88 Å². The lowest BCUT2D eigenvalue weighted by Gasteiger charge is -2.31. The number of fused-ring (bicyclic) bond motifs is 1. The van der Waals surface area contributed by atoms with Gasteiger partial charge in [-0.2, -0.15) is 0 Å². The van der Waals surface area contributed by atoms with E-state index in [0.717, 1.165) is 35.3 Å². The third-order valence-corrected chi connectivity index (χ3v) is 5.11. The molecule has 0 amide bonds. The Morgan fingerprint density at radius 2 is 2.08 bits per heavy atom. The highest BCUT2D eigenvalue weighted by molar-refractivity contribution is 5.87. The van der Waals surface area contributed by atoms with Crippen molar-refractivity contribution >= 4 is 16.9 Å². The van der Waals surface area contributed by atoms with Crippen LogP contribution in [0, 0.1) is 7.43 Å². The highest BCUT2D eigenvalue weighted by Gasteiger charge is 2.31. The molecule has 2 N–H and O–H groups in total. The van der Waals surface area contributed by atoms with Crippen LogP contribution in [0.25, 0.3) is 5.52 Å². The number of nitrogens with two attached hydrogens (primary N) is 1. The van der Waals surface area contributed by atoms with Gasteiger partial charge < -0.3 is 27.3 Å². The molecule has 3 heterocycles. The van der Waals surface area contributed by atoms with Crippen molar-refractivity contribution in [3.8, 4) is 5.88 Å². The van der Waals surface area contributed by atoms with E-state index in [4.69, 9.17) is 10.5 Å². The van der Waals surface area contributed by atoms with Crippen molar-refractivity contribution in [3.63, 3.8) is 0 Å². The minimum atomic E-state index is 0. The molecule has 1 saturated heterocycles. The second-order valence-electron chi connectivity index (χ2n) is 8.01. The average molecular weight is 363 g/mol. The van der Waals surface area contributed by atoms with Gasteiger partial charge in [0.1, 0.15) is 23.9 Å². The molecule has 0 saturated carbocycles. The van der Waals surface area contributed by atoms with Gasteiger partial charge in [-0.25, -0.2) is 4.52 Å². The van der Waals surface area contributed by atoms with Gasteiger partial charge in [0.15, 0.2) is 0 Å². The molecule has 1 aliphatic rings. The fourth-order valence-corrected chi connectivity index (χ4v) is 3.47. The second-order valence-corrected chi connectivity index (χ2v) is 8.01. The maximum absolute atomic E-state index is 6.30. The molecule has 2 aromatic heterocycles. The topological polar surface area (TPSA) is 59.0 Å². The Bertz CT molecular complexity index is 733. The fraction of sp³-hybridized carbons (Fsp3) is 0.579. The number of hydrogen-bond acceptors (Lipinski definition) is 5. The van der Waals surface area contributed by atoms with E-state index in [1.807, 2.05) is 37.3 Å². The normalized spacial score (nSPS) is 18.1. The number of likely N-dealkylation sites (tertiary alicyclic amines) is 1. The average Bonchev–Trinajstić information content (AvgIpc) is 3.13. The van der Waals surface area contributed by atoms with E-state index < -0.39 is 0 Å². The van der Waals surface area contributed by atoms with Crippen LogP contribution in [0.15, 0.2) is 18.3 Å². The van der Waals surface area contributed by atoms with Crippen molar-refractivity contribution in [2.45, 2.75) is 12.5 Å². The Hall–Kier alpha value is -1.99. The molecule has 0 aliphatic carbocycles. The third kappa shape index (κ3) is 4.04. The van der Waals surface area contributed by atoms with Crippen LogP contribution in [0.1, 0.15) is 6.42 Å². The van der Waals surface area contributed by atoms with E-state index in [1.165, 1.54) is 6.42 Å². The molecule has 0 radical (unpaired) electrons. The molecule has 1 unspecified atom stereocenters. The summed E-state index contributed by atoms with van der Waals surface area (Å²) >= 11 is 0. The molecule has 1 aliphatic heterocycles. The number of likely N-dealkylation sites (N-methyl/N-ethyl adjacent to an activating group) is 1. The van der Waals surface area contributed by atoms with Gasteiger partial charge in [0, 0.05) is 39.8 Å². The fourth-order valence-electron chi connectivity index (χ4n) is 3.47.